The second-order valence-electron chi connectivity index (χ2n) is 7.12. The van der Waals surface area contributed by atoms with E-state index >= 15 is 0 Å². The standard InChI is InChI=1S/C19H30N4O4/c1-3-19(10-6-9-13-27-19)17-20-15(22-11-7-5-8-12-22)14-16(23(17)25)21-18(24)26-4-2/h14,25H,3-13H2,1-2H3. The van der Waals surface area contributed by atoms with Gasteiger partial charge in [0.1, 0.15) is 11.4 Å². The van der Waals surface area contributed by atoms with Gasteiger partial charge in [-0.2, -0.15) is 9.72 Å². The minimum absolute atomic E-state index is 0.126. The van der Waals surface area contributed by atoms with Crippen LogP contribution < -0.4 is 10.4 Å². The highest BCUT2D eigenvalue weighted by molar-refractivity contribution is 5.68. The van der Waals surface area contributed by atoms with E-state index in [1.54, 1.807) is 13.0 Å². The zero-order valence-electron chi connectivity index (χ0n) is 16.3. The van der Waals surface area contributed by atoms with Gasteiger partial charge in [-0.25, -0.2) is 9.78 Å². The minimum Gasteiger partial charge on any atom is -0.448 e. The highest BCUT2D eigenvalue weighted by Crippen LogP contribution is 2.37. The summed E-state index contributed by atoms with van der Waals surface area (Å²) in [6.45, 7) is 6.42. The van der Waals surface area contributed by atoms with Crippen LogP contribution >= 0.6 is 0 Å². The van der Waals surface area contributed by atoms with Gasteiger partial charge in [0, 0.05) is 25.8 Å². The third kappa shape index (κ3) is 4.26. The topological polar surface area (TPSA) is 89.2 Å². The molecule has 2 saturated heterocycles. The molecule has 1 amide bonds. The summed E-state index contributed by atoms with van der Waals surface area (Å²) in [4.78, 5) is 22.8. The molecule has 27 heavy (non-hydrogen) atoms. The number of ether oxygens (including phenoxy) is 2. The first-order chi connectivity index (χ1) is 13.1. The first-order valence-corrected chi connectivity index (χ1v) is 10.0. The summed E-state index contributed by atoms with van der Waals surface area (Å²) >= 11 is 0. The minimum atomic E-state index is -0.725. The van der Waals surface area contributed by atoms with Crippen molar-refractivity contribution in [3.05, 3.63) is 17.4 Å². The molecule has 0 spiro atoms. The molecule has 0 radical (unpaired) electrons. The molecule has 3 heterocycles. The predicted molar refractivity (Wildman–Crippen MR) is 99.8 cm³/mol. The number of piperidine rings is 1. The Morgan fingerprint density at radius 2 is 2.07 bits per heavy atom. The van der Waals surface area contributed by atoms with E-state index in [-0.39, 0.29) is 12.1 Å². The van der Waals surface area contributed by atoms with E-state index < -0.39 is 11.7 Å². The number of carbonyl (C=O) groups is 1. The molecule has 2 aliphatic heterocycles. The van der Waals surface area contributed by atoms with Crippen LogP contribution in [-0.4, -0.2) is 47.3 Å². The van der Waals surface area contributed by atoms with Crippen LogP contribution in [0.15, 0.2) is 11.1 Å². The molecule has 2 aliphatic rings. The van der Waals surface area contributed by atoms with Gasteiger partial charge in [0.25, 0.3) is 0 Å². The van der Waals surface area contributed by atoms with Crippen LogP contribution in [0.4, 0.5) is 10.6 Å². The number of rotatable bonds is 4. The lowest BCUT2D eigenvalue weighted by Gasteiger charge is -2.37. The number of hydrogen-bond donors (Lipinski definition) is 1. The van der Waals surface area contributed by atoms with Crippen molar-refractivity contribution in [1.29, 1.82) is 0 Å². The van der Waals surface area contributed by atoms with Gasteiger partial charge in [-0.05, 0) is 51.9 Å². The Bertz CT molecular complexity index is 719. The van der Waals surface area contributed by atoms with Gasteiger partial charge < -0.3 is 19.6 Å². The van der Waals surface area contributed by atoms with Gasteiger partial charge in [-0.1, -0.05) is 6.92 Å². The van der Waals surface area contributed by atoms with Gasteiger partial charge in [0.15, 0.2) is 11.3 Å². The molecule has 8 heteroatoms. The molecular formula is C19H30N4O4. The van der Waals surface area contributed by atoms with Gasteiger partial charge in [0.05, 0.1) is 6.61 Å². The van der Waals surface area contributed by atoms with Crippen molar-refractivity contribution < 1.29 is 19.5 Å². The van der Waals surface area contributed by atoms with E-state index in [1.807, 2.05) is 6.92 Å². The molecule has 3 rings (SSSR count). The zero-order chi connectivity index (χ0) is 19.3. The summed E-state index contributed by atoms with van der Waals surface area (Å²) < 4.78 is 11.9. The molecule has 8 nitrogen and oxygen atoms in total. The lowest BCUT2D eigenvalue weighted by molar-refractivity contribution is -0.103. The van der Waals surface area contributed by atoms with Gasteiger partial charge >= 0.3 is 6.09 Å². The fourth-order valence-corrected chi connectivity index (χ4v) is 3.85. The highest BCUT2D eigenvalue weighted by Gasteiger charge is 2.38. The molecule has 1 N–H and O–H groups in total. The second kappa shape index (κ2) is 8.73. The van der Waals surface area contributed by atoms with Crippen molar-refractivity contribution in [1.82, 2.24) is 9.71 Å². The van der Waals surface area contributed by atoms with Gasteiger partial charge in [-0.3, -0.25) is 0 Å². The fourth-order valence-electron chi connectivity index (χ4n) is 3.85. The van der Waals surface area contributed by atoms with Crippen LogP contribution in [-0.2, 0) is 15.1 Å². The summed E-state index contributed by atoms with van der Waals surface area (Å²) in [6.07, 6.45) is 6.15. The third-order valence-corrected chi connectivity index (χ3v) is 5.38. The van der Waals surface area contributed by atoms with Crippen molar-refractivity contribution in [3.63, 3.8) is 0 Å². The zero-order valence-corrected chi connectivity index (χ0v) is 16.3. The maximum absolute atomic E-state index is 11.9. The van der Waals surface area contributed by atoms with E-state index in [2.05, 4.69) is 9.89 Å². The number of anilines is 1. The van der Waals surface area contributed by atoms with Crippen molar-refractivity contribution in [2.24, 2.45) is 4.99 Å². The first kappa shape index (κ1) is 19.7. The average Bonchev–Trinajstić information content (AvgIpc) is 2.71. The molecule has 150 valence electrons. The van der Waals surface area contributed by atoms with E-state index in [4.69, 9.17) is 14.5 Å². The molecule has 0 bridgehead atoms. The van der Waals surface area contributed by atoms with Crippen LogP contribution in [0.3, 0.4) is 0 Å². The smallest absolute Gasteiger partial charge is 0.435 e. The maximum Gasteiger partial charge on any atom is 0.435 e. The Kier molecular flexibility index (Phi) is 6.36. The summed E-state index contributed by atoms with van der Waals surface area (Å²) in [5, 5.41) is 10.8. The van der Waals surface area contributed by atoms with Crippen molar-refractivity contribution >= 4 is 11.9 Å². The first-order valence-electron chi connectivity index (χ1n) is 10.0. The third-order valence-electron chi connectivity index (χ3n) is 5.38. The molecule has 1 aromatic rings. The molecule has 0 aromatic carbocycles. The van der Waals surface area contributed by atoms with Crippen molar-refractivity contribution in [2.75, 3.05) is 31.2 Å². The molecule has 0 aliphatic carbocycles. The van der Waals surface area contributed by atoms with Crippen LogP contribution in [0.25, 0.3) is 0 Å². The molecule has 2 fully saturated rings. The highest BCUT2D eigenvalue weighted by atomic mass is 16.5. The Morgan fingerprint density at radius 1 is 1.30 bits per heavy atom. The lowest BCUT2D eigenvalue weighted by atomic mass is 9.90. The Labute approximate surface area is 159 Å². The van der Waals surface area contributed by atoms with Crippen LogP contribution in [0.1, 0.15) is 64.6 Å². The van der Waals surface area contributed by atoms with E-state index in [0.29, 0.717) is 18.9 Å². The number of nitrogens with zero attached hydrogens (tertiary/aromatic N) is 4. The molecular weight excluding hydrogens is 348 g/mol. The molecule has 1 aromatic heterocycles. The number of amides is 1. The van der Waals surface area contributed by atoms with E-state index in [9.17, 15) is 10.0 Å². The van der Waals surface area contributed by atoms with Crippen LogP contribution in [0.5, 0.6) is 0 Å². The quantitative estimate of drug-likeness (QED) is 0.810. The molecule has 1 unspecified atom stereocenters. The number of hydrogen-bond acceptors (Lipinski definition) is 6. The predicted octanol–water partition coefficient (Wildman–Crippen LogP) is 2.97. The lowest BCUT2D eigenvalue weighted by Crippen LogP contribution is -2.42. The monoisotopic (exact) mass is 378 g/mol. The fraction of sp³-hybridized carbons (Fsp3) is 0.737. The maximum atomic E-state index is 11.9. The van der Waals surface area contributed by atoms with E-state index in [0.717, 1.165) is 55.7 Å². The summed E-state index contributed by atoms with van der Waals surface area (Å²) in [5.41, 5.74) is -0.543. The number of aromatic nitrogens is 2. The second-order valence-corrected chi connectivity index (χ2v) is 7.12. The average molecular weight is 378 g/mol. The van der Waals surface area contributed by atoms with Crippen molar-refractivity contribution in [3.8, 4) is 0 Å². The Balaban J connectivity index is 2.11. The Hall–Kier alpha value is -2.09. The van der Waals surface area contributed by atoms with E-state index in [1.165, 1.54) is 6.42 Å². The summed E-state index contributed by atoms with van der Waals surface area (Å²) in [5.74, 6) is 1.14. The summed E-state index contributed by atoms with van der Waals surface area (Å²) in [7, 11) is 0. The van der Waals surface area contributed by atoms with Gasteiger partial charge in [-0.15, -0.1) is 0 Å². The van der Waals surface area contributed by atoms with Crippen molar-refractivity contribution in [2.45, 2.75) is 64.4 Å². The SMILES string of the molecule is CCOC(=O)N=c1cc(N2CCCCC2)nc(C2(CC)CCCCO2)n1O. The largest absolute Gasteiger partial charge is 0.448 e. The van der Waals surface area contributed by atoms with Crippen LogP contribution in [0.2, 0.25) is 0 Å². The van der Waals surface area contributed by atoms with Crippen LogP contribution in [0, 0.1) is 0 Å². The summed E-state index contributed by atoms with van der Waals surface area (Å²) in [6, 6.07) is 1.65. The molecule has 0 saturated carbocycles. The molecule has 1 atom stereocenters. The Morgan fingerprint density at radius 3 is 2.70 bits per heavy atom. The van der Waals surface area contributed by atoms with Gasteiger partial charge in [0.2, 0.25) is 0 Å². The normalized spacial score (nSPS) is 24.1. The number of carbonyl (C=O) groups excluding carboxylic acids is 1.